The van der Waals surface area contributed by atoms with E-state index in [-0.39, 0.29) is 0 Å². The van der Waals surface area contributed by atoms with E-state index in [9.17, 15) is 0 Å². The van der Waals surface area contributed by atoms with Gasteiger partial charge in [0.2, 0.25) is 22.8 Å². The van der Waals surface area contributed by atoms with Gasteiger partial charge in [-0.25, -0.2) is 15.0 Å². The Bertz CT molecular complexity index is 1810. The van der Waals surface area contributed by atoms with Crippen LogP contribution in [0, 0.1) is 0 Å². The van der Waals surface area contributed by atoms with Gasteiger partial charge in [0.1, 0.15) is 7.05 Å². The zero-order valence-electron chi connectivity index (χ0n) is 24.6. The summed E-state index contributed by atoms with van der Waals surface area (Å²) in [6, 6.07) is 33.1. The first-order valence-electron chi connectivity index (χ1n) is 14.5. The molecule has 0 aliphatic heterocycles. The smallest absolute Gasteiger partial charge is 0.204 e. The first-order chi connectivity index (χ1) is 21.6. The van der Waals surface area contributed by atoms with Crippen LogP contribution in [0.15, 0.2) is 158 Å². The minimum atomic E-state index is 1.00. The monoisotopic (exact) mass is 575 g/mol. The van der Waals surface area contributed by atoms with Crippen LogP contribution in [0.25, 0.3) is 0 Å². The van der Waals surface area contributed by atoms with Crippen molar-refractivity contribution in [3.63, 3.8) is 0 Å². The molecule has 0 spiro atoms. The summed E-state index contributed by atoms with van der Waals surface area (Å²) in [6.07, 6.45) is 16.3. The summed E-state index contributed by atoms with van der Waals surface area (Å²) < 4.78 is 0. The maximum Gasteiger partial charge on any atom is 0.204 e. The van der Waals surface area contributed by atoms with E-state index in [1.165, 1.54) is 0 Å². The molecule has 0 aromatic heterocycles. The van der Waals surface area contributed by atoms with E-state index < -0.39 is 0 Å². The lowest BCUT2D eigenvalue weighted by molar-refractivity contribution is -0.417. The highest BCUT2D eigenvalue weighted by atomic mass is 14.9. The van der Waals surface area contributed by atoms with E-state index in [0.717, 1.165) is 68.2 Å². The quantitative estimate of drug-likeness (QED) is 0.179. The Morgan fingerprint density at radius 1 is 0.386 bits per heavy atom. The molecule has 0 fully saturated rings. The molecule has 0 unspecified atom stereocenters. The Hall–Kier alpha value is -6.01. The Morgan fingerprint density at radius 2 is 0.659 bits per heavy atom. The molecule has 0 heterocycles. The lowest BCUT2D eigenvalue weighted by Gasteiger charge is -2.11. The Morgan fingerprint density at radius 3 is 0.977 bits per heavy atom. The van der Waals surface area contributed by atoms with Crippen molar-refractivity contribution in [2.75, 3.05) is 23.0 Å². The van der Waals surface area contributed by atoms with E-state index in [1.54, 1.807) is 0 Å². The molecule has 6 heteroatoms. The summed E-state index contributed by atoms with van der Waals surface area (Å²) in [5.41, 5.74) is 12.4. The van der Waals surface area contributed by atoms with Gasteiger partial charge < -0.3 is 16.0 Å². The third-order valence-electron chi connectivity index (χ3n) is 7.11. The van der Waals surface area contributed by atoms with Gasteiger partial charge in [-0.1, -0.05) is 6.58 Å². The number of nitrogens with one attached hydrogen (secondary N) is 6. The molecule has 4 aromatic carbocycles. The van der Waals surface area contributed by atoms with Crippen LogP contribution in [-0.4, -0.2) is 24.2 Å². The van der Waals surface area contributed by atoms with Crippen molar-refractivity contribution >= 4 is 62.6 Å². The lowest BCUT2D eigenvalue weighted by Crippen LogP contribution is -2.68. The maximum absolute atomic E-state index is 3.93. The molecule has 0 saturated carbocycles. The summed E-state index contributed by atoms with van der Waals surface area (Å²) in [5.74, 6) is 0. The van der Waals surface area contributed by atoms with Crippen LogP contribution in [0.3, 0.4) is 0 Å². The fourth-order valence-electron chi connectivity index (χ4n) is 4.69. The van der Waals surface area contributed by atoms with Crippen LogP contribution in [0.2, 0.25) is 0 Å². The average Bonchev–Trinajstić information content (AvgIpc) is 3.06. The number of rotatable bonds is 8. The van der Waals surface area contributed by atoms with Gasteiger partial charge >= 0.3 is 0 Å². The van der Waals surface area contributed by atoms with Crippen molar-refractivity contribution in [3.05, 3.63) is 158 Å². The van der Waals surface area contributed by atoms with E-state index in [0.29, 0.717) is 0 Å². The summed E-state index contributed by atoms with van der Waals surface area (Å²) in [7, 11) is 1.92. The average molecular weight is 576 g/mol. The highest BCUT2D eigenvalue weighted by Crippen LogP contribution is 2.24. The third-order valence-corrected chi connectivity index (χ3v) is 7.11. The van der Waals surface area contributed by atoms with Gasteiger partial charge in [0, 0.05) is 94.8 Å². The number of hydrogen-bond acceptors (Lipinski definition) is 3. The fourth-order valence-corrected chi connectivity index (χ4v) is 4.69. The molecular formula is C38H35N6+3. The largest absolute Gasteiger partial charge is 0.356 e. The van der Waals surface area contributed by atoms with Gasteiger partial charge in [-0.05, 0) is 90.5 Å². The van der Waals surface area contributed by atoms with E-state index in [1.807, 2.05) is 31.4 Å². The zero-order valence-corrected chi connectivity index (χ0v) is 24.6. The van der Waals surface area contributed by atoms with Crippen molar-refractivity contribution in [3.8, 4) is 0 Å². The highest BCUT2D eigenvalue weighted by Gasteiger charge is 2.08. The summed E-state index contributed by atoms with van der Waals surface area (Å²) in [6.45, 7) is 3.93. The van der Waals surface area contributed by atoms with Crippen LogP contribution < -0.4 is 30.9 Å². The molecular weight excluding hydrogens is 540 g/mol. The SMILES string of the molecule is C=C1C=CC(=[NH+]c2ccc(Nc3ccc(Nc4ccc(Nc5ccc([NH+]=C6C=CC(=[NH+]C)C=C6)cc5)cc4)cc3)cc2)C=C1. The zero-order chi connectivity index (χ0) is 30.1. The first kappa shape index (κ1) is 28.1. The summed E-state index contributed by atoms with van der Waals surface area (Å²) in [4.78, 5) is 9.98. The molecule has 44 heavy (non-hydrogen) atoms. The number of allylic oxidation sites excluding steroid dienone is 9. The topological polar surface area (TPSA) is 78.0 Å². The molecule has 4 aromatic rings. The summed E-state index contributed by atoms with van der Waals surface area (Å²) in [5, 5.41) is 10.4. The second kappa shape index (κ2) is 13.3. The number of hydrogen-bond donors (Lipinski definition) is 6. The molecule has 2 aliphatic carbocycles. The third kappa shape index (κ3) is 7.63. The van der Waals surface area contributed by atoms with Crippen molar-refractivity contribution < 1.29 is 15.0 Å². The minimum absolute atomic E-state index is 1.00. The van der Waals surface area contributed by atoms with Crippen LogP contribution in [-0.2, 0) is 0 Å². The van der Waals surface area contributed by atoms with Gasteiger partial charge in [-0.3, -0.25) is 0 Å². The molecule has 6 rings (SSSR count). The minimum Gasteiger partial charge on any atom is -0.356 e. The number of anilines is 6. The summed E-state index contributed by atoms with van der Waals surface area (Å²) >= 11 is 0. The Kier molecular flexibility index (Phi) is 8.51. The molecule has 214 valence electrons. The number of benzene rings is 4. The van der Waals surface area contributed by atoms with E-state index in [2.05, 4.69) is 159 Å². The predicted octanol–water partition coefficient (Wildman–Crippen LogP) is 4.18. The van der Waals surface area contributed by atoms with Crippen LogP contribution in [0.5, 0.6) is 0 Å². The second-order valence-corrected chi connectivity index (χ2v) is 10.5. The predicted molar refractivity (Wildman–Crippen MR) is 184 cm³/mol. The van der Waals surface area contributed by atoms with Gasteiger partial charge in [-0.2, -0.15) is 0 Å². The molecule has 0 atom stereocenters. The Labute approximate surface area is 258 Å². The molecule has 0 saturated heterocycles. The maximum atomic E-state index is 3.93. The van der Waals surface area contributed by atoms with Gasteiger partial charge in [0.05, 0.1) is 0 Å². The van der Waals surface area contributed by atoms with Crippen molar-refractivity contribution in [1.29, 1.82) is 0 Å². The van der Waals surface area contributed by atoms with Gasteiger partial charge in [0.25, 0.3) is 0 Å². The van der Waals surface area contributed by atoms with E-state index >= 15 is 0 Å². The molecule has 0 amide bonds. The van der Waals surface area contributed by atoms with E-state index in [4.69, 9.17) is 0 Å². The van der Waals surface area contributed by atoms with Gasteiger partial charge in [0.15, 0.2) is 5.71 Å². The Balaban J connectivity index is 1.000. The van der Waals surface area contributed by atoms with Crippen molar-refractivity contribution in [1.82, 2.24) is 0 Å². The van der Waals surface area contributed by atoms with Gasteiger partial charge in [-0.15, -0.1) is 0 Å². The molecule has 6 N–H and O–H groups in total. The molecule has 6 nitrogen and oxygen atoms in total. The van der Waals surface area contributed by atoms with Crippen LogP contribution >= 0.6 is 0 Å². The normalized spacial score (nSPS) is 13.6. The van der Waals surface area contributed by atoms with Crippen molar-refractivity contribution in [2.24, 2.45) is 0 Å². The van der Waals surface area contributed by atoms with Crippen molar-refractivity contribution in [2.45, 2.75) is 0 Å². The molecule has 2 aliphatic rings. The van der Waals surface area contributed by atoms with Crippen LogP contribution in [0.1, 0.15) is 0 Å². The van der Waals surface area contributed by atoms with Crippen LogP contribution in [0.4, 0.5) is 45.5 Å². The lowest BCUT2D eigenvalue weighted by atomic mass is 10.1. The first-order valence-corrected chi connectivity index (χ1v) is 14.5. The molecule has 0 bridgehead atoms. The standard InChI is InChI=1S/C38H32N6/c1-27-3-5-29(6-4-27)40-31-11-13-33(14-12-31)42-35-19-21-37(22-20-35)44-38-25-23-36(24-26-38)43-34-17-15-32(16-18-34)41-30-9-7-28(39-2)8-10-30/h3-26,42-44H,1H2,2H3/p+3. The molecule has 0 radical (unpaired) electrons. The fraction of sp³-hybridized carbons (Fsp3) is 0.0263. The highest BCUT2D eigenvalue weighted by molar-refractivity contribution is 6.14. The second-order valence-electron chi connectivity index (χ2n) is 10.5.